The van der Waals surface area contributed by atoms with Gasteiger partial charge in [0.2, 0.25) is 0 Å². The van der Waals surface area contributed by atoms with Crippen LogP contribution >= 0.6 is 0 Å². The molecule has 0 bridgehead atoms. The molecule has 2 saturated heterocycles. The van der Waals surface area contributed by atoms with E-state index in [0.29, 0.717) is 51.3 Å². The van der Waals surface area contributed by atoms with Crippen LogP contribution in [0.5, 0.6) is 0 Å². The summed E-state index contributed by atoms with van der Waals surface area (Å²) in [5.74, 6) is 1.21. The van der Waals surface area contributed by atoms with Crippen molar-refractivity contribution in [3.8, 4) is 5.95 Å². The molecule has 2 aliphatic heterocycles. The monoisotopic (exact) mass is 400 g/mol. The molecule has 2 aromatic rings. The van der Waals surface area contributed by atoms with Gasteiger partial charge in [-0.25, -0.2) is 14.8 Å². The molecule has 156 valence electrons. The van der Waals surface area contributed by atoms with Crippen molar-refractivity contribution in [3.05, 3.63) is 30.2 Å². The Hall–Kier alpha value is -2.52. The van der Waals surface area contributed by atoms with E-state index >= 15 is 0 Å². The van der Waals surface area contributed by atoms with Gasteiger partial charge in [0.25, 0.3) is 5.95 Å². The van der Waals surface area contributed by atoms with Gasteiger partial charge in [-0.3, -0.25) is 5.32 Å². The smallest absolute Gasteiger partial charge is 0.323 e. The molecule has 2 aliphatic rings. The van der Waals surface area contributed by atoms with Gasteiger partial charge in [-0.05, 0) is 24.8 Å². The Morgan fingerprint density at radius 3 is 2.66 bits per heavy atom. The first-order valence-corrected chi connectivity index (χ1v) is 10.2. The highest BCUT2D eigenvalue weighted by Gasteiger charge is 2.38. The number of amides is 2. The fourth-order valence-corrected chi connectivity index (χ4v) is 3.79. The topological polar surface area (TPSA) is 94.4 Å². The maximum absolute atomic E-state index is 13.2. The van der Waals surface area contributed by atoms with E-state index in [1.807, 2.05) is 11.0 Å². The lowest BCUT2D eigenvalue weighted by atomic mass is 9.80. The third-order valence-corrected chi connectivity index (χ3v) is 5.58. The van der Waals surface area contributed by atoms with Crippen molar-refractivity contribution < 1.29 is 14.3 Å². The van der Waals surface area contributed by atoms with E-state index in [-0.39, 0.29) is 17.4 Å². The largest absolute Gasteiger partial charge is 0.381 e. The van der Waals surface area contributed by atoms with Crippen LogP contribution in [0.1, 0.15) is 38.3 Å². The number of anilines is 1. The van der Waals surface area contributed by atoms with Crippen molar-refractivity contribution in [2.24, 2.45) is 5.41 Å². The Balaban J connectivity index is 1.56. The number of nitrogens with zero attached hydrogens (tertiary/aromatic N) is 5. The molecule has 9 nitrogen and oxygen atoms in total. The first-order valence-electron chi connectivity index (χ1n) is 10.2. The van der Waals surface area contributed by atoms with E-state index in [1.165, 1.54) is 0 Å². The van der Waals surface area contributed by atoms with Crippen molar-refractivity contribution in [1.82, 2.24) is 24.6 Å². The van der Waals surface area contributed by atoms with Gasteiger partial charge in [-0.15, -0.1) is 0 Å². The van der Waals surface area contributed by atoms with Crippen LogP contribution in [-0.4, -0.2) is 70.2 Å². The number of nitrogens with one attached hydrogen (secondary N) is 1. The molecular weight excluding hydrogens is 372 g/mol. The lowest BCUT2D eigenvalue weighted by Crippen LogP contribution is -2.46. The zero-order chi connectivity index (χ0) is 20.3. The first kappa shape index (κ1) is 19.8. The minimum atomic E-state index is -0.159. The SMILES string of the molecule is CC(C)c1cc(NC(=O)N2CCOCC3(CCOCC3)C2)n(-c2ncccn2)n1. The summed E-state index contributed by atoms with van der Waals surface area (Å²) in [7, 11) is 0. The number of rotatable bonds is 3. The average molecular weight is 400 g/mol. The van der Waals surface area contributed by atoms with Crippen LogP contribution in [0.2, 0.25) is 0 Å². The van der Waals surface area contributed by atoms with Gasteiger partial charge in [-0.1, -0.05) is 13.8 Å². The Bertz CT molecular complexity index is 832. The van der Waals surface area contributed by atoms with Crippen molar-refractivity contribution >= 4 is 11.8 Å². The third-order valence-electron chi connectivity index (χ3n) is 5.58. The number of carbonyl (C=O) groups excluding carboxylic acids is 1. The predicted octanol–water partition coefficient (Wildman–Crippen LogP) is 2.45. The number of aromatic nitrogens is 4. The number of ether oxygens (including phenoxy) is 2. The second kappa shape index (κ2) is 8.46. The summed E-state index contributed by atoms with van der Waals surface area (Å²) in [6.45, 7) is 7.98. The second-order valence-corrected chi connectivity index (χ2v) is 8.09. The first-order chi connectivity index (χ1) is 14.1. The summed E-state index contributed by atoms with van der Waals surface area (Å²) in [6, 6.07) is 3.48. The van der Waals surface area contributed by atoms with Gasteiger partial charge in [0.15, 0.2) is 0 Å². The van der Waals surface area contributed by atoms with Crippen LogP contribution in [-0.2, 0) is 9.47 Å². The molecule has 2 amide bonds. The lowest BCUT2D eigenvalue weighted by molar-refractivity contribution is -0.0292. The Morgan fingerprint density at radius 2 is 1.93 bits per heavy atom. The molecule has 0 saturated carbocycles. The zero-order valence-electron chi connectivity index (χ0n) is 17.0. The molecule has 2 fully saturated rings. The van der Waals surface area contributed by atoms with Gasteiger partial charge < -0.3 is 14.4 Å². The van der Waals surface area contributed by atoms with E-state index in [0.717, 1.165) is 18.5 Å². The molecule has 0 unspecified atom stereocenters. The Morgan fingerprint density at radius 1 is 1.17 bits per heavy atom. The predicted molar refractivity (Wildman–Crippen MR) is 107 cm³/mol. The highest BCUT2D eigenvalue weighted by molar-refractivity contribution is 5.88. The van der Waals surface area contributed by atoms with Crippen molar-refractivity contribution in [1.29, 1.82) is 0 Å². The summed E-state index contributed by atoms with van der Waals surface area (Å²) in [4.78, 5) is 23.6. The number of urea groups is 1. The highest BCUT2D eigenvalue weighted by Crippen LogP contribution is 2.33. The maximum atomic E-state index is 13.2. The normalized spacial score (nSPS) is 19.3. The summed E-state index contributed by atoms with van der Waals surface area (Å²) in [5.41, 5.74) is 0.839. The summed E-state index contributed by atoms with van der Waals surface area (Å²) < 4.78 is 12.9. The summed E-state index contributed by atoms with van der Waals surface area (Å²) in [5, 5.41) is 7.62. The van der Waals surface area contributed by atoms with Gasteiger partial charge >= 0.3 is 6.03 Å². The molecular formula is C20H28N6O3. The maximum Gasteiger partial charge on any atom is 0.323 e. The fraction of sp³-hybridized carbons (Fsp3) is 0.600. The van der Waals surface area contributed by atoms with Crippen molar-refractivity contribution in [2.75, 3.05) is 44.8 Å². The fourth-order valence-electron chi connectivity index (χ4n) is 3.79. The van der Waals surface area contributed by atoms with Crippen molar-refractivity contribution in [2.45, 2.75) is 32.6 Å². The zero-order valence-corrected chi connectivity index (χ0v) is 17.0. The molecule has 4 rings (SSSR count). The van der Waals surface area contributed by atoms with Crippen LogP contribution in [0.3, 0.4) is 0 Å². The Labute approximate surface area is 170 Å². The Kier molecular flexibility index (Phi) is 5.77. The van der Waals surface area contributed by atoms with E-state index in [9.17, 15) is 4.79 Å². The number of hydrogen-bond donors (Lipinski definition) is 1. The molecule has 29 heavy (non-hydrogen) atoms. The lowest BCUT2D eigenvalue weighted by Gasteiger charge is -2.38. The molecule has 9 heteroatoms. The van der Waals surface area contributed by atoms with Gasteiger partial charge in [-0.2, -0.15) is 9.78 Å². The molecule has 1 N–H and O–H groups in total. The molecule has 2 aromatic heterocycles. The number of carbonyl (C=O) groups is 1. The van der Waals surface area contributed by atoms with Crippen LogP contribution in [0, 0.1) is 5.41 Å². The van der Waals surface area contributed by atoms with Gasteiger partial charge in [0.1, 0.15) is 5.82 Å². The summed E-state index contributed by atoms with van der Waals surface area (Å²) in [6.07, 6.45) is 5.13. The van der Waals surface area contributed by atoms with E-state index in [1.54, 1.807) is 23.1 Å². The molecule has 0 atom stereocenters. The van der Waals surface area contributed by atoms with Gasteiger partial charge in [0, 0.05) is 50.2 Å². The second-order valence-electron chi connectivity index (χ2n) is 8.09. The van der Waals surface area contributed by atoms with Crippen LogP contribution in [0.15, 0.2) is 24.5 Å². The standard InChI is InChI=1S/C20H28N6O3/c1-15(2)16-12-17(26(24-16)18-21-6-3-7-22-18)23-19(27)25-8-11-29-14-20(13-25)4-9-28-10-5-20/h3,6-7,12,15H,4-5,8-11,13-14H2,1-2H3,(H,23,27). The average Bonchev–Trinajstić information content (AvgIpc) is 3.05. The minimum Gasteiger partial charge on any atom is -0.381 e. The molecule has 0 aromatic carbocycles. The molecule has 1 spiro atoms. The molecule has 0 aliphatic carbocycles. The van der Waals surface area contributed by atoms with E-state index in [4.69, 9.17) is 9.47 Å². The van der Waals surface area contributed by atoms with Crippen LogP contribution < -0.4 is 5.32 Å². The third kappa shape index (κ3) is 4.40. The highest BCUT2D eigenvalue weighted by atomic mass is 16.5. The summed E-state index contributed by atoms with van der Waals surface area (Å²) >= 11 is 0. The molecule has 4 heterocycles. The van der Waals surface area contributed by atoms with E-state index in [2.05, 4.69) is 34.2 Å². The van der Waals surface area contributed by atoms with Crippen LogP contribution in [0.25, 0.3) is 5.95 Å². The quantitative estimate of drug-likeness (QED) is 0.850. The van der Waals surface area contributed by atoms with Crippen molar-refractivity contribution in [3.63, 3.8) is 0 Å². The number of hydrogen-bond acceptors (Lipinski definition) is 6. The van der Waals surface area contributed by atoms with E-state index < -0.39 is 0 Å². The van der Waals surface area contributed by atoms with Gasteiger partial charge in [0.05, 0.1) is 18.9 Å². The minimum absolute atomic E-state index is 0.0298. The molecule has 0 radical (unpaired) electrons. The van der Waals surface area contributed by atoms with Crippen LogP contribution in [0.4, 0.5) is 10.6 Å².